The third-order valence-corrected chi connectivity index (χ3v) is 7.23. The van der Waals surface area contributed by atoms with E-state index in [1.807, 2.05) is 0 Å². The van der Waals surface area contributed by atoms with Crippen LogP contribution in [0, 0.1) is 5.92 Å². The average molecular weight is 465 g/mol. The molecule has 0 radical (unpaired) electrons. The van der Waals surface area contributed by atoms with Crippen LogP contribution < -0.4 is 14.8 Å². The third-order valence-electron chi connectivity index (χ3n) is 5.57. The Bertz CT molecular complexity index is 987. The largest absolute Gasteiger partial charge is 0.495 e. The summed E-state index contributed by atoms with van der Waals surface area (Å²) in [7, 11) is -2.53. The summed E-state index contributed by atoms with van der Waals surface area (Å²) in [5.41, 5.74) is 0.795. The van der Waals surface area contributed by atoms with Gasteiger partial charge in [-0.05, 0) is 61.2 Å². The van der Waals surface area contributed by atoms with Gasteiger partial charge in [0, 0.05) is 22.8 Å². The molecule has 1 aliphatic rings. The number of hydrogen-bond donors (Lipinski definition) is 2. The van der Waals surface area contributed by atoms with E-state index in [0.717, 1.165) is 18.8 Å². The molecule has 0 bridgehead atoms. The molecule has 31 heavy (non-hydrogen) atoms. The van der Waals surface area contributed by atoms with Gasteiger partial charge in [0.2, 0.25) is 5.91 Å². The highest BCUT2D eigenvalue weighted by molar-refractivity contribution is 7.92. The molecule has 0 unspecified atom stereocenters. The van der Waals surface area contributed by atoms with Gasteiger partial charge in [-0.15, -0.1) is 0 Å². The van der Waals surface area contributed by atoms with E-state index in [-0.39, 0.29) is 16.6 Å². The second kappa shape index (κ2) is 10.9. The quantitative estimate of drug-likeness (QED) is 0.488. The SMILES string of the molecule is COc1ccc(NC(=O)CCCC2CCCCC2)cc1S(=O)(=O)Nc1ccc(Cl)cc1. The molecular weight excluding hydrogens is 436 g/mol. The van der Waals surface area contributed by atoms with Gasteiger partial charge >= 0.3 is 0 Å². The fraction of sp³-hybridized carbons (Fsp3) is 0.435. The highest BCUT2D eigenvalue weighted by Crippen LogP contribution is 2.30. The van der Waals surface area contributed by atoms with Crippen LogP contribution in [-0.2, 0) is 14.8 Å². The number of sulfonamides is 1. The van der Waals surface area contributed by atoms with Crippen LogP contribution in [0.1, 0.15) is 51.4 Å². The molecule has 2 N–H and O–H groups in total. The van der Waals surface area contributed by atoms with Crippen LogP contribution in [0.25, 0.3) is 0 Å². The van der Waals surface area contributed by atoms with Crippen molar-refractivity contribution in [1.29, 1.82) is 0 Å². The molecule has 1 amide bonds. The summed E-state index contributed by atoms with van der Waals surface area (Å²) in [4.78, 5) is 12.3. The minimum absolute atomic E-state index is 0.0510. The Morgan fingerprint density at radius 1 is 1.06 bits per heavy atom. The van der Waals surface area contributed by atoms with E-state index in [9.17, 15) is 13.2 Å². The van der Waals surface area contributed by atoms with Crippen molar-refractivity contribution < 1.29 is 17.9 Å². The number of halogens is 1. The Hall–Kier alpha value is -2.25. The summed E-state index contributed by atoms with van der Waals surface area (Å²) in [6, 6.07) is 10.9. The highest BCUT2D eigenvalue weighted by atomic mass is 35.5. The minimum atomic E-state index is -3.93. The molecular formula is C23H29ClN2O4S. The van der Waals surface area contributed by atoms with Crippen LogP contribution >= 0.6 is 11.6 Å². The van der Waals surface area contributed by atoms with Crippen LogP contribution in [0.15, 0.2) is 47.4 Å². The number of benzene rings is 2. The number of amides is 1. The second-order valence-electron chi connectivity index (χ2n) is 7.92. The van der Waals surface area contributed by atoms with Gasteiger partial charge in [0.05, 0.1) is 7.11 Å². The normalized spacial score (nSPS) is 14.8. The Kier molecular flexibility index (Phi) is 8.21. The highest BCUT2D eigenvalue weighted by Gasteiger charge is 2.21. The van der Waals surface area contributed by atoms with E-state index < -0.39 is 10.0 Å². The Balaban J connectivity index is 1.64. The summed E-state index contributed by atoms with van der Waals surface area (Å²) < 4.78 is 33.6. The standard InChI is InChI=1S/C23H29ClN2O4S/c1-30-21-15-14-20(25-23(27)9-5-8-17-6-3-2-4-7-17)16-22(21)31(28,29)26-19-12-10-18(24)11-13-19/h10-17,26H,2-9H2,1H3,(H,25,27). The summed E-state index contributed by atoms with van der Waals surface area (Å²) in [6.07, 6.45) is 8.79. The molecule has 2 aromatic carbocycles. The molecule has 0 aromatic heterocycles. The van der Waals surface area contributed by atoms with Crippen molar-refractivity contribution >= 4 is 38.9 Å². The summed E-state index contributed by atoms with van der Waals surface area (Å²) in [5, 5.41) is 3.32. The summed E-state index contributed by atoms with van der Waals surface area (Å²) in [6.45, 7) is 0. The molecule has 2 aromatic rings. The average Bonchev–Trinajstić information content (AvgIpc) is 2.76. The van der Waals surface area contributed by atoms with Gasteiger partial charge in [0.1, 0.15) is 10.6 Å². The number of hydrogen-bond acceptors (Lipinski definition) is 4. The van der Waals surface area contributed by atoms with Crippen molar-refractivity contribution in [2.24, 2.45) is 5.92 Å². The summed E-state index contributed by atoms with van der Waals surface area (Å²) >= 11 is 5.86. The predicted octanol–water partition coefficient (Wildman–Crippen LogP) is 5.84. The molecule has 1 fully saturated rings. The zero-order valence-corrected chi connectivity index (χ0v) is 19.3. The zero-order valence-electron chi connectivity index (χ0n) is 17.7. The molecule has 0 saturated heterocycles. The van der Waals surface area contributed by atoms with Crippen LogP contribution in [0.4, 0.5) is 11.4 Å². The molecule has 0 heterocycles. The van der Waals surface area contributed by atoms with Crippen molar-refractivity contribution in [3.05, 3.63) is 47.5 Å². The van der Waals surface area contributed by atoms with E-state index in [2.05, 4.69) is 10.0 Å². The van der Waals surface area contributed by atoms with Gasteiger partial charge in [0.15, 0.2) is 0 Å². The van der Waals surface area contributed by atoms with E-state index >= 15 is 0 Å². The van der Waals surface area contributed by atoms with Gasteiger partial charge < -0.3 is 10.1 Å². The lowest BCUT2D eigenvalue weighted by molar-refractivity contribution is -0.116. The molecule has 1 saturated carbocycles. The van der Waals surface area contributed by atoms with Crippen molar-refractivity contribution in [2.75, 3.05) is 17.1 Å². The first-order chi connectivity index (χ1) is 14.9. The molecule has 8 heteroatoms. The number of methoxy groups -OCH3 is 1. The van der Waals surface area contributed by atoms with Crippen LogP contribution in [0.2, 0.25) is 5.02 Å². The number of nitrogens with one attached hydrogen (secondary N) is 2. The summed E-state index contributed by atoms with van der Waals surface area (Å²) in [5.74, 6) is 0.810. The van der Waals surface area contributed by atoms with E-state index in [1.54, 1.807) is 30.3 Å². The maximum Gasteiger partial charge on any atom is 0.265 e. The van der Waals surface area contributed by atoms with Gasteiger partial charge in [-0.3, -0.25) is 9.52 Å². The molecule has 168 valence electrons. The maximum absolute atomic E-state index is 12.9. The third kappa shape index (κ3) is 6.87. The van der Waals surface area contributed by atoms with Crippen molar-refractivity contribution in [3.63, 3.8) is 0 Å². The minimum Gasteiger partial charge on any atom is -0.495 e. The fourth-order valence-corrected chi connectivity index (χ4v) is 5.32. The molecule has 6 nitrogen and oxygen atoms in total. The lowest BCUT2D eigenvalue weighted by atomic mass is 9.86. The smallest absolute Gasteiger partial charge is 0.265 e. The first-order valence-electron chi connectivity index (χ1n) is 10.6. The van der Waals surface area contributed by atoms with Crippen molar-refractivity contribution in [1.82, 2.24) is 0 Å². The monoisotopic (exact) mass is 464 g/mol. The maximum atomic E-state index is 12.9. The predicted molar refractivity (Wildman–Crippen MR) is 124 cm³/mol. The van der Waals surface area contributed by atoms with Crippen molar-refractivity contribution in [2.45, 2.75) is 56.3 Å². The Morgan fingerprint density at radius 2 is 1.74 bits per heavy atom. The van der Waals surface area contributed by atoms with Gasteiger partial charge in [-0.2, -0.15) is 0 Å². The lowest BCUT2D eigenvalue weighted by Crippen LogP contribution is -2.16. The van der Waals surface area contributed by atoms with Gasteiger partial charge in [0.25, 0.3) is 10.0 Å². The van der Waals surface area contributed by atoms with E-state index in [0.29, 0.717) is 22.8 Å². The Morgan fingerprint density at radius 3 is 2.42 bits per heavy atom. The lowest BCUT2D eigenvalue weighted by Gasteiger charge is -2.21. The Labute approximate surface area is 189 Å². The number of rotatable bonds is 9. The fourth-order valence-electron chi connectivity index (χ4n) is 3.94. The molecule has 0 atom stereocenters. The number of ether oxygens (including phenoxy) is 1. The second-order valence-corrected chi connectivity index (χ2v) is 10.0. The molecule has 0 aliphatic heterocycles. The number of anilines is 2. The first kappa shape index (κ1) is 23.4. The zero-order chi connectivity index (χ0) is 22.3. The molecule has 0 spiro atoms. The topological polar surface area (TPSA) is 84.5 Å². The van der Waals surface area contributed by atoms with Crippen LogP contribution in [0.5, 0.6) is 5.75 Å². The van der Waals surface area contributed by atoms with Crippen LogP contribution in [0.3, 0.4) is 0 Å². The van der Waals surface area contributed by atoms with Gasteiger partial charge in [-0.25, -0.2) is 8.42 Å². The van der Waals surface area contributed by atoms with E-state index in [1.165, 1.54) is 51.3 Å². The number of carbonyl (C=O) groups is 1. The molecule has 3 rings (SSSR count). The van der Waals surface area contributed by atoms with Gasteiger partial charge in [-0.1, -0.05) is 43.7 Å². The molecule has 1 aliphatic carbocycles. The van der Waals surface area contributed by atoms with Crippen molar-refractivity contribution in [3.8, 4) is 5.75 Å². The van der Waals surface area contributed by atoms with E-state index in [4.69, 9.17) is 16.3 Å². The number of carbonyl (C=O) groups excluding carboxylic acids is 1. The van der Waals surface area contributed by atoms with Crippen LogP contribution in [-0.4, -0.2) is 21.4 Å². The first-order valence-corrected chi connectivity index (χ1v) is 12.5.